The lowest BCUT2D eigenvalue weighted by Crippen LogP contribution is -2.31. The summed E-state index contributed by atoms with van der Waals surface area (Å²) < 4.78 is 18.6. The van der Waals surface area contributed by atoms with Gasteiger partial charge in [0, 0.05) is 5.69 Å². The molecule has 1 atom stereocenters. The van der Waals surface area contributed by atoms with Crippen LogP contribution < -0.4 is 9.64 Å². The van der Waals surface area contributed by atoms with E-state index in [-0.39, 0.29) is 5.57 Å². The van der Waals surface area contributed by atoms with E-state index in [0.717, 1.165) is 0 Å². The van der Waals surface area contributed by atoms with E-state index in [1.54, 1.807) is 41.8 Å². The summed E-state index contributed by atoms with van der Waals surface area (Å²) in [6.45, 7) is 0. The lowest BCUT2D eigenvalue weighted by Gasteiger charge is -2.27. The van der Waals surface area contributed by atoms with Gasteiger partial charge in [-0.2, -0.15) is 0 Å². The number of nitrogens with zero attached hydrogens (tertiary/aromatic N) is 1. The number of Topliss-reactive ketones (excluding diaryl/α,β-unsaturated/α-hetero) is 1. The number of aliphatic hydroxyl groups is 1. The fourth-order valence-electron chi connectivity index (χ4n) is 3.35. The van der Waals surface area contributed by atoms with Crippen LogP contribution in [0.5, 0.6) is 5.75 Å². The largest absolute Gasteiger partial charge is 0.503 e. The van der Waals surface area contributed by atoms with Crippen molar-refractivity contribution in [3.05, 3.63) is 93.6 Å². The average molecular weight is 409 g/mol. The molecule has 1 amide bonds. The highest BCUT2D eigenvalue weighted by atomic mass is 32.1. The van der Waals surface area contributed by atoms with E-state index >= 15 is 0 Å². The third kappa shape index (κ3) is 3.30. The molecule has 1 aromatic heterocycles. The number of thiophene rings is 1. The first-order valence-electron chi connectivity index (χ1n) is 8.75. The second-order valence-electron chi connectivity index (χ2n) is 6.40. The second kappa shape index (κ2) is 7.52. The number of hydrogen-bond donors (Lipinski definition) is 1. The number of methoxy groups -OCH3 is 1. The maximum Gasteiger partial charge on any atom is 0.294 e. The summed E-state index contributed by atoms with van der Waals surface area (Å²) in [5.74, 6) is -1.56. The first-order valence-corrected chi connectivity index (χ1v) is 9.63. The van der Waals surface area contributed by atoms with E-state index < -0.39 is 29.3 Å². The number of halogens is 1. The van der Waals surface area contributed by atoms with Gasteiger partial charge in [0.05, 0.1) is 23.6 Å². The van der Waals surface area contributed by atoms with Gasteiger partial charge in [-0.25, -0.2) is 4.39 Å². The highest BCUT2D eigenvalue weighted by Gasteiger charge is 2.44. The van der Waals surface area contributed by atoms with Gasteiger partial charge < -0.3 is 9.84 Å². The minimum absolute atomic E-state index is 0.0279. The number of ether oxygens (including phenoxy) is 1. The average Bonchev–Trinajstić information content (AvgIpc) is 3.36. The Balaban J connectivity index is 1.85. The van der Waals surface area contributed by atoms with E-state index in [9.17, 15) is 19.1 Å². The maximum atomic E-state index is 13.5. The number of anilines is 1. The zero-order valence-electron chi connectivity index (χ0n) is 15.3. The standard InChI is InChI=1S/C22H16FNO4S/c1-28-16-10-8-15(9-11-16)24-19(13-4-6-14(23)7-5-13)18(21(26)22(24)27)20(25)17-3-2-12-29-17/h2-12,19,26H,1H3. The Bertz CT molecular complexity index is 1090. The Labute approximate surface area is 170 Å². The zero-order chi connectivity index (χ0) is 20.5. The lowest BCUT2D eigenvalue weighted by molar-refractivity contribution is -0.117. The SMILES string of the molecule is COc1ccc(N2C(=O)C(O)=C(C(=O)c3cccs3)C2c2ccc(F)cc2)cc1. The van der Waals surface area contributed by atoms with Gasteiger partial charge in [-0.15, -0.1) is 11.3 Å². The number of benzene rings is 2. The molecule has 2 heterocycles. The molecule has 146 valence electrons. The minimum Gasteiger partial charge on any atom is -0.503 e. The summed E-state index contributed by atoms with van der Waals surface area (Å²) in [5, 5.41) is 12.4. The van der Waals surface area contributed by atoms with Crippen LogP contribution in [0.2, 0.25) is 0 Å². The Morgan fingerprint density at radius 3 is 2.38 bits per heavy atom. The molecule has 1 N–H and O–H groups in total. The highest BCUT2D eigenvalue weighted by Crippen LogP contribution is 2.42. The van der Waals surface area contributed by atoms with Crippen molar-refractivity contribution < 1.29 is 23.8 Å². The molecule has 1 unspecified atom stereocenters. The molecule has 1 aliphatic rings. The smallest absolute Gasteiger partial charge is 0.294 e. The normalized spacial score (nSPS) is 16.4. The van der Waals surface area contributed by atoms with Crippen molar-refractivity contribution in [1.82, 2.24) is 0 Å². The summed E-state index contributed by atoms with van der Waals surface area (Å²) in [4.78, 5) is 27.8. The maximum absolute atomic E-state index is 13.5. The van der Waals surface area contributed by atoms with Crippen molar-refractivity contribution in [2.45, 2.75) is 6.04 Å². The molecule has 0 spiro atoms. The Hall–Kier alpha value is -3.45. The molecule has 1 aliphatic heterocycles. The van der Waals surface area contributed by atoms with Crippen LogP contribution in [0.1, 0.15) is 21.3 Å². The monoisotopic (exact) mass is 409 g/mol. The Morgan fingerprint density at radius 2 is 1.79 bits per heavy atom. The molecule has 3 aromatic rings. The molecule has 2 aromatic carbocycles. The van der Waals surface area contributed by atoms with Crippen LogP contribution in [-0.4, -0.2) is 23.9 Å². The molecule has 0 bridgehead atoms. The van der Waals surface area contributed by atoms with Gasteiger partial charge >= 0.3 is 0 Å². The fourth-order valence-corrected chi connectivity index (χ4v) is 4.03. The third-order valence-electron chi connectivity index (χ3n) is 4.73. The van der Waals surface area contributed by atoms with Gasteiger partial charge in [-0.05, 0) is 53.4 Å². The van der Waals surface area contributed by atoms with Crippen LogP contribution >= 0.6 is 11.3 Å². The molecule has 4 rings (SSSR count). The predicted molar refractivity (Wildman–Crippen MR) is 108 cm³/mol. The molecule has 7 heteroatoms. The van der Waals surface area contributed by atoms with Crippen molar-refractivity contribution in [2.24, 2.45) is 0 Å². The van der Waals surface area contributed by atoms with Gasteiger partial charge in [-0.3, -0.25) is 14.5 Å². The van der Waals surface area contributed by atoms with E-state index in [1.807, 2.05) is 0 Å². The van der Waals surface area contributed by atoms with Crippen LogP contribution in [0.25, 0.3) is 0 Å². The lowest BCUT2D eigenvalue weighted by atomic mass is 9.95. The molecular weight excluding hydrogens is 393 g/mol. The number of ketones is 1. The minimum atomic E-state index is -0.883. The summed E-state index contributed by atoms with van der Waals surface area (Å²) >= 11 is 1.22. The van der Waals surface area contributed by atoms with Crippen molar-refractivity contribution >= 4 is 28.7 Å². The predicted octanol–water partition coefficient (Wildman–Crippen LogP) is 4.68. The first-order chi connectivity index (χ1) is 14.0. The fraction of sp³-hybridized carbons (Fsp3) is 0.0909. The molecule has 0 saturated heterocycles. The van der Waals surface area contributed by atoms with Gasteiger partial charge in [0.25, 0.3) is 5.91 Å². The molecule has 0 fully saturated rings. The number of carbonyl (C=O) groups excluding carboxylic acids is 2. The highest BCUT2D eigenvalue weighted by molar-refractivity contribution is 7.12. The van der Waals surface area contributed by atoms with Crippen molar-refractivity contribution in [1.29, 1.82) is 0 Å². The van der Waals surface area contributed by atoms with Crippen LogP contribution in [0.3, 0.4) is 0 Å². The number of carbonyl (C=O) groups is 2. The van der Waals surface area contributed by atoms with Crippen LogP contribution in [0.4, 0.5) is 10.1 Å². The quantitative estimate of drug-likeness (QED) is 0.622. The van der Waals surface area contributed by atoms with Gasteiger partial charge in [0.15, 0.2) is 5.76 Å². The molecule has 0 saturated carbocycles. The van der Waals surface area contributed by atoms with E-state index in [0.29, 0.717) is 21.9 Å². The van der Waals surface area contributed by atoms with Crippen LogP contribution in [-0.2, 0) is 4.79 Å². The topological polar surface area (TPSA) is 66.8 Å². The molecule has 0 radical (unpaired) electrons. The van der Waals surface area contributed by atoms with E-state index in [4.69, 9.17) is 4.74 Å². The van der Waals surface area contributed by atoms with Gasteiger partial charge in [0.2, 0.25) is 5.78 Å². The van der Waals surface area contributed by atoms with Crippen LogP contribution in [0, 0.1) is 5.82 Å². The van der Waals surface area contributed by atoms with E-state index in [1.165, 1.54) is 47.6 Å². The molecule has 5 nitrogen and oxygen atoms in total. The summed E-state index contributed by atoms with van der Waals surface area (Å²) in [7, 11) is 1.53. The van der Waals surface area contributed by atoms with Crippen molar-refractivity contribution in [3.63, 3.8) is 0 Å². The Kier molecular flexibility index (Phi) is 4.90. The molecule has 29 heavy (non-hydrogen) atoms. The van der Waals surface area contributed by atoms with Crippen molar-refractivity contribution in [3.8, 4) is 5.75 Å². The first kappa shape index (κ1) is 18.9. The second-order valence-corrected chi connectivity index (χ2v) is 7.34. The Morgan fingerprint density at radius 1 is 1.10 bits per heavy atom. The number of rotatable bonds is 5. The van der Waals surface area contributed by atoms with E-state index in [2.05, 4.69) is 0 Å². The summed E-state index contributed by atoms with van der Waals surface area (Å²) in [6.07, 6.45) is 0. The van der Waals surface area contributed by atoms with Crippen LogP contribution in [0.15, 0.2) is 77.4 Å². The molecular formula is C22H16FNO4S. The number of aliphatic hydroxyl groups excluding tert-OH is 1. The number of hydrogen-bond acceptors (Lipinski definition) is 5. The molecule has 0 aliphatic carbocycles. The van der Waals surface area contributed by atoms with Gasteiger partial charge in [-0.1, -0.05) is 18.2 Å². The zero-order valence-corrected chi connectivity index (χ0v) is 16.2. The van der Waals surface area contributed by atoms with Gasteiger partial charge in [0.1, 0.15) is 11.6 Å². The van der Waals surface area contributed by atoms with Crippen molar-refractivity contribution in [2.75, 3.05) is 12.0 Å². The number of amides is 1. The summed E-state index contributed by atoms with van der Waals surface area (Å²) in [5.41, 5.74) is 0.963. The third-order valence-corrected chi connectivity index (χ3v) is 5.60. The summed E-state index contributed by atoms with van der Waals surface area (Å²) in [6, 6.07) is 14.7.